The number of methoxy groups -OCH3 is 2. The highest BCUT2D eigenvalue weighted by Crippen LogP contribution is 2.30. The van der Waals surface area contributed by atoms with E-state index in [1.165, 1.54) is 0 Å². The summed E-state index contributed by atoms with van der Waals surface area (Å²) in [6, 6.07) is 5.89. The third-order valence-corrected chi connectivity index (χ3v) is 4.45. The molecule has 0 bridgehead atoms. The van der Waals surface area contributed by atoms with Crippen molar-refractivity contribution in [2.45, 2.75) is 26.0 Å². The smallest absolute Gasteiger partial charge is 0.161 e. The Labute approximate surface area is 135 Å². The Morgan fingerprint density at radius 2 is 1.91 bits per heavy atom. The first kappa shape index (κ1) is 16.8. The largest absolute Gasteiger partial charge is 0.493 e. The molecule has 1 unspecified atom stereocenters. The maximum absolute atomic E-state index is 10.5. The highest BCUT2D eigenvalue weighted by molar-refractivity contribution is 7.08. The lowest BCUT2D eigenvalue weighted by molar-refractivity contribution is 0.0571. The number of aliphatic hydroxyl groups is 1. The van der Waals surface area contributed by atoms with Crippen molar-refractivity contribution in [1.29, 1.82) is 0 Å². The minimum atomic E-state index is -0.871. The summed E-state index contributed by atoms with van der Waals surface area (Å²) in [5.74, 6) is 1.45. The summed E-state index contributed by atoms with van der Waals surface area (Å²) in [7, 11) is 3.26. The van der Waals surface area contributed by atoms with E-state index in [9.17, 15) is 5.11 Å². The standard InChI is InChI=1S/C17H23NO3S/c1-12-7-15(20-3)16(21-4)8-13(12)9-18-11-17(2,19)14-5-6-22-10-14/h5-8,10,18-19H,9,11H2,1-4H3. The van der Waals surface area contributed by atoms with Crippen molar-refractivity contribution >= 4 is 11.3 Å². The quantitative estimate of drug-likeness (QED) is 0.823. The minimum Gasteiger partial charge on any atom is -0.493 e. The van der Waals surface area contributed by atoms with Gasteiger partial charge in [-0.1, -0.05) is 0 Å². The summed E-state index contributed by atoms with van der Waals surface area (Å²) in [6.07, 6.45) is 0. The highest BCUT2D eigenvalue weighted by Gasteiger charge is 2.23. The van der Waals surface area contributed by atoms with Crippen LogP contribution in [0.2, 0.25) is 0 Å². The second-order valence-corrected chi connectivity index (χ2v) is 6.30. The summed E-state index contributed by atoms with van der Waals surface area (Å²) in [5, 5.41) is 17.8. The molecule has 2 N–H and O–H groups in total. The van der Waals surface area contributed by atoms with Crippen LogP contribution in [-0.4, -0.2) is 25.9 Å². The SMILES string of the molecule is COc1cc(C)c(CNCC(C)(O)c2ccsc2)cc1OC. The van der Waals surface area contributed by atoms with Crippen molar-refractivity contribution in [3.05, 3.63) is 45.6 Å². The Morgan fingerprint density at radius 1 is 1.23 bits per heavy atom. The van der Waals surface area contributed by atoms with Crippen molar-refractivity contribution < 1.29 is 14.6 Å². The van der Waals surface area contributed by atoms with Crippen LogP contribution in [0.15, 0.2) is 29.0 Å². The van der Waals surface area contributed by atoms with Crippen LogP contribution in [0.1, 0.15) is 23.6 Å². The monoisotopic (exact) mass is 321 g/mol. The molecule has 0 saturated carbocycles. The molecule has 120 valence electrons. The Morgan fingerprint density at radius 3 is 2.50 bits per heavy atom. The normalized spacial score (nSPS) is 13.7. The Balaban J connectivity index is 2.03. The number of ether oxygens (including phenoxy) is 2. The van der Waals surface area contributed by atoms with Gasteiger partial charge in [-0.05, 0) is 59.5 Å². The average molecular weight is 321 g/mol. The van der Waals surface area contributed by atoms with Crippen LogP contribution in [-0.2, 0) is 12.1 Å². The van der Waals surface area contributed by atoms with Crippen LogP contribution >= 0.6 is 11.3 Å². The van der Waals surface area contributed by atoms with Crippen LogP contribution in [0.25, 0.3) is 0 Å². The van der Waals surface area contributed by atoms with Gasteiger partial charge in [-0.3, -0.25) is 0 Å². The molecule has 0 radical (unpaired) electrons. The fourth-order valence-corrected chi connectivity index (χ4v) is 3.11. The number of nitrogens with one attached hydrogen (secondary N) is 1. The first-order valence-electron chi connectivity index (χ1n) is 7.15. The number of hydrogen-bond donors (Lipinski definition) is 2. The van der Waals surface area contributed by atoms with Crippen LogP contribution in [0, 0.1) is 6.92 Å². The summed E-state index contributed by atoms with van der Waals surface area (Å²) in [5.41, 5.74) is 2.32. The average Bonchev–Trinajstić information content (AvgIpc) is 3.03. The van der Waals surface area contributed by atoms with Crippen LogP contribution in [0.5, 0.6) is 11.5 Å². The number of rotatable bonds is 7. The van der Waals surface area contributed by atoms with E-state index in [1.807, 2.05) is 42.8 Å². The molecule has 4 nitrogen and oxygen atoms in total. The highest BCUT2D eigenvalue weighted by atomic mass is 32.1. The lowest BCUT2D eigenvalue weighted by Crippen LogP contribution is -2.34. The van der Waals surface area contributed by atoms with Gasteiger partial charge in [0.2, 0.25) is 0 Å². The molecule has 0 saturated heterocycles. The van der Waals surface area contributed by atoms with E-state index < -0.39 is 5.60 Å². The molecule has 0 aliphatic carbocycles. The van der Waals surface area contributed by atoms with Crippen molar-refractivity contribution in [2.75, 3.05) is 20.8 Å². The van der Waals surface area contributed by atoms with E-state index in [1.54, 1.807) is 25.6 Å². The molecule has 1 aromatic heterocycles. The maximum Gasteiger partial charge on any atom is 0.161 e. The summed E-state index contributed by atoms with van der Waals surface area (Å²) in [6.45, 7) is 5.00. The van der Waals surface area contributed by atoms with Gasteiger partial charge in [0, 0.05) is 13.1 Å². The minimum absolute atomic E-state index is 0.484. The van der Waals surface area contributed by atoms with Gasteiger partial charge >= 0.3 is 0 Å². The molecule has 0 fully saturated rings. The first-order chi connectivity index (χ1) is 10.5. The summed E-state index contributed by atoms with van der Waals surface area (Å²) in [4.78, 5) is 0. The Kier molecular flexibility index (Phi) is 5.45. The van der Waals surface area contributed by atoms with E-state index in [-0.39, 0.29) is 0 Å². The first-order valence-corrected chi connectivity index (χ1v) is 8.09. The van der Waals surface area contributed by atoms with E-state index in [4.69, 9.17) is 9.47 Å². The van der Waals surface area contributed by atoms with Crippen LogP contribution < -0.4 is 14.8 Å². The van der Waals surface area contributed by atoms with Gasteiger partial charge in [-0.25, -0.2) is 0 Å². The van der Waals surface area contributed by atoms with Gasteiger partial charge in [0.1, 0.15) is 0 Å². The lowest BCUT2D eigenvalue weighted by atomic mass is 9.99. The molecule has 1 atom stereocenters. The molecule has 0 spiro atoms. The van der Waals surface area contributed by atoms with E-state index >= 15 is 0 Å². The molecule has 1 aromatic carbocycles. The molecule has 22 heavy (non-hydrogen) atoms. The zero-order valence-electron chi connectivity index (χ0n) is 13.5. The predicted octanol–water partition coefficient (Wildman–Crippen LogP) is 3.07. The zero-order valence-corrected chi connectivity index (χ0v) is 14.3. The van der Waals surface area contributed by atoms with E-state index in [0.29, 0.717) is 13.1 Å². The Bertz CT molecular complexity index is 609. The summed E-state index contributed by atoms with van der Waals surface area (Å²) < 4.78 is 10.6. The van der Waals surface area contributed by atoms with Crippen LogP contribution in [0.4, 0.5) is 0 Å². The fourth-order valence-electron chi connectivity index (χ4n) is 2.33. The maximum atomic E-state index is 10.5. The van der Waals surface area contributed by atoms with Gasteiger partial charge < -0.3 is 19.9 Å². The third kappa shape index (κ3) is 3.80. The number of benzene rings is 1. The molecule has 0 aliphatic rings. The molecule has 0 aliphatic heterocycles. The fraction of sp³-hybridized carbons (Fsp3) is 0.412. The van der Waals surface area contributed by atoms with E-state index in [0.717, 1.165) is 28.2 Å². The number of thiophene rings is 1. The van der Waals surface area contributed by atoms with Gasteiger partial charge in [0.25, 0.3) is 0 Å². The second-order valence-electron chi connectivity index (χ2n) is 5.52. The van der Waals surface area contributed by atoms with Gasteiger partial charge in [0.15, 0.2) is 11.5 Å². The molecule has 0 amide bonds. The zero-order chi connectivity index (χ0) is 16.2. The van der Waals surface area contributed by atoms with Crippen molar-refractivity contribution in [3.63, 3.8) is 0 Å². The second kappa shape index (κ2) is 7.13. The molecule has 2 aromatic rings. The molecular formula is C17H23NO3S. The van der Waals surface area contributed by atoms with Gasteiger partial charge in [0.05, 0.1) is 19.8 Å². The van der Waals surface area contributed by atoms with Crippen LogP contribution in [0.3, 0.4) is 0 Å². The third-order valence-electron chi connectivity index (χ3n) is 3.77. The Hall–Kier alpha value is -1.56. The molecule has 5 heteroatoms. The molecule has 2 rings (SSSR count). The van der Waals surface area contributed by atoms with Crippen molar-refractivity contribution in [2.24, 2.45) is 0 Å². The van der Waals surface area contributed by atoms with Gasteiger partial charge in [-0.2, -0.15) is 11.3 Å². The lowest BCUT2D eigenvalue weighted by Gasteiger charge is -2.23. The number of hydrogen-bond acceptors (Lipinski definition) is 5. The van der Waals surface area contributed by atoms with Crippen molar-refractivity contribution in [3.8, 4) is 11.5 Å². The van der Waals surface area contributed by atoms with Gasteiger partial charge in [-0.15, -0.1) is 0 Å². The molecule has 1 heterocycles. The molecular weight excluding hydrogens is 298 g/mol. The van der Waals surface area contributed by atoms with Crippen molar-refractivity contribution in [1.82, 2.24) is 5.32 Å². The van der Waals surface area contributed by atoms with E-state index in [2.05, 4.69) is 5.32 Å². The predicted molar refractivity (Wildman–Crippen MR) is 89.9 cm³/mol. The summed E-state index contributed by atoms with van der Waals surface area (Å²) >= 11 is 1.59. The number of aryl methyl sites for hydroxylation is 1. The topological polar surface area (TPSA) is 50.7 Å².